The van der Waals surface area contributed by atoms with E-state index >= 15 is 0 Å². The Kier molecular flexibility index (Phi) is 3.67. The fourth-order valence-corrected chi connectivity index (χ4v) is 4.97. The van der Waals surface area contributed by atoms with Gasteiger partial charge in [-0.1, -0.05) is 39.5 Å². The van der Waals surface area contributed by atoms with Crippen molar-refractivity contribution in [2.75, 3.05) is 5.75 Å². The van der Waals surface area contributed by atoms with E-state index in [-0.39, 0.29) is 5.60 Å². The van der Waals surface area contributed by atoms with E-state index in [4.69, 9.17) is 0 Å². The summed E-state index contributed by atoms with van der Waals surface area (Å²) in [6.45, 7) is 4.51. The van der Waals surface area contributed by atoms with Gasteiger partial charge in [0.15, 0.2) is 0 Å². The van der Waals surface area contributed by atoms with Gasteiger partial charge in [-0.2, -0.15) is 11.8 Å². The highest BCUT2D eigenvalue weighted by molar-refractivity contribution is 8.00. The van der Waals surface area contributed by atoms with E-state index in [0.717, 1.165) is 18.1 Å². The van der Waals surface area contributed by atoms with Gasteiger partial charge in [0.25, 0.3) is 0 Å². The van der Waals surface area contributed by atoms with Gasteiger partial charge in [0, 0.05) is 5.25 Å². The minimum absolute atomic E-state index is 0.342. The summed E-state index contributed by atoms with van der Waals surface area (Å²) in [5, 5.41) is 11.3. The van der Waals surface area contributed by atoms with Crippen molar-refractivity contribution in [3.05, 3.63) is 0 Å². The molecule has 1 N–H and O–H groups in total. The van der Waals surface area contributed by atoms with Gasteiger partial charge in [-0.25, -0.2) is 0 Å². The predicted molar refractivity (Wildman–Crippen MR) is 67.2 cm³/mol. The molecule has 2 rings (SSSR count). The van der Waals surface area contributed by atoms with Gasteiger partial charge in [-0.15, -0.1) is 0 Å². The van der Waals surface area contributed by atoms with Crippen LogP contribution in [0, 0.1) is 11.8 Å². The Morgan fingerprint density at radius 2 is 2.07 bits per heavy atom. The summed E-state index contributed by atoms with van der Waals surface area (Å²) in [6.07, 6.45) is 7.61. The SMILES string of the molecule is CCC1CCCCC1C1(O)CCSC1C. The van der Waals surface area contributed by atoms with Crippen molar-refractivity contribution in [2.24, 2.45) is 11.8 Å². The smallest absolute Gasteiger partial charge is 0.0801 e. The number of rotatable bonds is 2. The minimum atomic E-state index is -0.342. The van der Waals surface area contributed by atoms with E-state index in [9.17, 15) is 5.11 Å². The zero-order valence-electron chi connectivity index (χ0n) is 10.0. The van der Waals surface area contributed by atoms with Crippen molar-refractivity contribution < 1.29 is 5.11 Å². The third kappa shape index (κ3) is 2.08. The van der Waals surface area contributed by atoms with Gasteiger partial charge in [-0.05, 0) is 30.4 Å². The van der Waals surface area contributed by atoms with E-state index in [0.29, 0.717) is 11.2 Å². The van der Waals surface area contributed by atoms with Crippen LogP contribution < -0.4 is 0 Å². The lowest BCUT2D eigenvalue weighted by atomic mass is 9.67. The van der Waals surface area contributed by atoms with Crippen LogP contribution in [0.3, 0.4) is 0 Å². The van der Waals surface area contributed by atoms with Gasteiger partial charge in [0.1, 0.15) is 0 Å². The first-order chi connectivity index (χ1) is 7.18. The summed E-state index contributed by atoms with van der Waals surface area (Å²) >= 11 is 1.96. The van der Waals surface area contributed by atoms with Crippen LogP contribution in [-0.4, -0.2) is 21.7 Å². The summed E-state index contributed by atoms with van der Waals surface area (Å²) < 4.78 is 0. The first kappa shape index (κ1) is 11.8. The van der Waals surface area contributed by atoms with Crippen molar-refractivity contribution in [2.45, 2.75) is 63.2 Å². The maximum absolute atomic E-state index is 10.9. The van der Waals surface area contributed by atoms with Gasteiger partial charge in [0.05, 0.1) is 5.60 Å². The lowest BCUT2D eigenvalue weighted by molar-refractivity contribution is -0.0534. The number of hydrogen-bond acceptors (Lipinski definition) is 2. The molecule has 0 aromatic heterocycles. The second kappa shape index (κ2) is 4.67. The largest absolute Gasteiger partial charge is 0.388 e. The number of aliphatic hydroxyl groups is 1. The van der Waals surface area contributed by atoms with Crippen LogP contribution in [-0.2, 0) is 0 Å². The molecular weight excluding hydrogens is 204 g/mol. The zero-order valence-corrected chi connectivity index (χ0v) is 10.9. The fourth-order valence-electron chi connectivity index (χ4n) is 3.59. The molecule has 1 aliphatic heterocycles. The Labute approximate surface area is 98.0 Å². The Morgan fingerprint density at radius 1 is 1.33 bits per heavy atom. The molecule has 0 amide bonds. The lowest BCUT2D eigenvalue weighted by Crippen LogP contribution is -2.47. The fraction of sp³-hybridized carbons (Fsp3) is 1.00. The predicted octanol–water partition coefficient (Wildman–Crippen LogP) is 3.46. The second-order valence-corrected chi connectivity index (χ2v) is 6.76. The molecule has 2 heteroatoms. The highest BCUT2D eigenvalue weighted by atomic mass is 32.2. The molecule has 88 valence electrons. The van der Waals surface area contributed by atoms with E-state index < -0.39 is 0 Å². The van der Waals surface area contributed by atoms with Crippen LogP contribution in [0.15, 0.2) is 0 Å². The highest BCUT2D eigenvalue weighted by Gasteiger charge is 2.48. The Morgan fingerprint density at radius 3 is 2.67 bits per heavy atom. The first-order valence-electron chi connectivity index (χ1n) is 6.52. The molecule has 0 spiro atoms. The molecule has 0 bridgehead atoms. The maximum atomic E-state index is 10.9. The van der Waals surface area contributed by atoms with Crippen LogP contribution in [0.25, 0.3) is 0 Å². The van der Waals surface area contributed by atoms with Crippen molar-refractivity contribution in [3.8, 4) is 0 Å². The van der Waals surface area contributed by atoms with Gasteiger partial charge < -0.3 is 5.11 Å². The van der Waals surface area contributed by atoms with Crippen LogP contribution in [0.2, 0.25) is 0 Å². The van der Waals surface area contributed by atoms with Gasteiger partial charge >= 0.3 is 0 Å². The second-order valence-electron chi connectivity index (χ2n) is 5.31. The monoisotopic (exact) mass is 228 g/mol. The average Bonchev–Trinajstić information content (AvgIpc) is 2.60. The highest BCUT2D eigenvalue weighted by Crippen LogP contribution is 2.48. The molecule has 4 unspecified atom stereocenters. The summed E-state index contributed by atoms with van der Waals surface area (Å²) in [5.41, 5.74) is -0.342. The third-order valence-electron chi connectivity index (χ3n) is 4.65. The molecule has 1 saturated carbocycles. The first-order valence-corrected chi connectivity index (χ1v) is 7.57. The standard InChI is InChI=1S/C13H24OS/c1-3-11-6-4-5-7-12(11)13(14)8-9-15-10(13)2/h10-12,14H,3-9H2,1-2H3. The average molecular weight is 228 g/mol. The lowest BCUT2D eigenvalue weighted by Gasteiger charge is -2.43. The van der Waals surface area contributed by atoms with E-state index in [1.807, 2.05) is 11.8 Å². The molecule has 1 aliphatic carbocycles. The zero-order chi connectivity index (χ0) is 10.9. The van der Waals surface area contributed by atoms with E-state index in [1.54, 1.807) is 0 Å². The minimum Gasteiger partial charge on any atom is -0.388 e. The molecule has 2 aliphatic rings. The van der Waals surface area contributed by atoms with Crippen LogP contribution >= 0.6 is 11.8 Å². The number of hydrogen-bond donors (Lipinski definition) is 1. The Balaban J connectivity index is 2.12. The summed E-state index contributed by atoms with van der Waals surface area (Å²) in [7, 11) is 0. The van der Waals surface area contributed by atoms with Crippen LogP contribution in [0.1, 0.15) is 52.4 Å². The van der Waals surface area contributed by atoms with Gasteiger partial charge in [0.2, 0.25) is 0 Å². The van der Waals surface area contributed by atoms with Crippen molar-refractivity contribution >= 4 is 11.8 Å². The molecule has 1 nitrogen and oxygen atoms in total. The molecule has 0 aromatic carbocycles. The van der Waals surface area contributed by atoms with Crippen LogP contribution in [0.4, 0.5) is 0 Å². The van der Waals surface area contributed by atoms with Crippen molar-refractivity contribution in [3.63, 3.8) is 0 Å². The molecule has 2 fully saturated rings. The van der Waals surface area contributed by atoms with E-state index in [1.165, 1.54) is 32.1 Å². The van der Waals surface area contributed by atoms with Crippen molar-refractivity contribution in [1.82, 2.24) is 0 Å². The molecule has 1 heterocycles. The maximum Gasteiger partial charge on any atom is 0.0801 e. The van der Waals surface area contributed by atoms with Crippen LogP contribution in [0.5, 0.6) is 0 Å². The summed E-state index contributed by atoms with van der Waals surface area (Å²) in [5.74, 6) is 2.52. The molecule has 4 atom stereocenters. The van der Waals surface area contributed by atoms with E-state index in [2.05, 4.69) is 13.8 Å². The molecular formula is C13H24OS. The van der Waals surface area contributed by atoms with Crippen molar-refractivity contribution in [1.29, 1.82) is 0 Å². The van der Waals surface area contributed by atoms with Gasteiger partial charge in [-0.3, -0.25) is 0 Å². The Bertz CT molecular complexity index is 219. The topological polar surface area (TPSA) is 20.2 Å². The normalized spacial score (nSPS) is 47.0. The molecule has 0 radical (unpaired) electrons. The molecule has 1 saturated heterocycles. The molecule has 0 aromatic rings. The number of thioether (sulfide) groups is 1. The summed E-state index contributed by atoms with van der Waals surface area (Å²) in [4.78, 5) is 0. The third-order valence-corrected chi connectivity index (χ3v) is 6.00. The summed E-state index contributed by atoms with van der Waals surface area (Å²) in [6, 6.07) is 0. The quantitative estimate of drug-likeness (QED) is 0.781. The Hall–Kier alpha value is 0.310. The molecule has 15 heavy (non-hydrogen) atoms.